The van der Waals surface area contributed by atoms with Crippen LogP contribution in [0.4, 0.5) is 44.9 Å². The van der Waals surface area contributed by atoms with Gasteiger partial charge in [-0.05, 0) is 36.5 Å². The van der Waals surface area contributed by atoms with E-state index in [9.17, 15) is 52.2 Å². The molecule has 10 rings (SSSR count). The summed E-state index contributed by atoms with van der Waals surface area (Å²) in [6.45, 7) is -8.71. The summed E-state index contributed by atoms with van der Waals surface area (Å²) in [5.74, 6) is -3.09. The van der Waals surface area contributed by atoms with Gasteiger partial charge in [-0.15, -0.1) is 0 Å². The van der Waals surface area contributed by atoms with Crippen LogP contribution in [0.5, 0.6) is 0 Å². The number of imidazole rings is 2. The largest absolute Gasteiger partial charge is 0.447 e. The van der Waals surface area contributed by atoms with Gasteiger partial charge in [0.15, 0.2) is 53.2 Å². The molecule has 42 heteroatoms. The number of hydrogen-bond acceptors (Lipinski definition) is 26. The fourth-order valence-corrected chi connectivity index (χ4v) is 13.7. The number of nitrogens with one attached hydrogen (secondary N) is 5. The number of primary amides is 1. The molecule has 1 aromatic carbocycles. The molecule has 5 aliphatic rings. The van der Waals surface area contributed by atoms with Crippen molar-refractivity contribution >= 4 is 120 Å². The van der Waals surface area contributed by atoms with E-state index in [1.54, 1.807) is 38.1 Å². The number of carbonyl (C=O) groups is 7. The number of aliphatic hydroxyl groups excluding tert-OH is 1. The van der Waals surface area contributed by atoms with Gasteiger partial charge in [-0.3, -0.25) is 61.5 Å². The van der Waals surface area contributed by atoms with Gasteiger partial charge in [0, 0.05) is 43.8 Å². The molecule has 35 nitrogen and oxygen atoms in total. The highest BCUT2D eigenvalue weighted by atomic mass is 32.7. The van der Waals surface area contributed by atoms with Crippen LogP contribution in [0.25, 0.3) is 22.3 Å². The highest BCUT2D eigenvalue weighted by molar-refractivity contribution is 8.44. The van der Waals surface area contributed by atoms with E-state index in [1.165, 1.54) is 10.9 Å². The molecule has 0 saturated carbocycles. The molecule has 508 valence electrons. The molecule has 0 spiro atoms. The SMILES string of the molecule is CC(C)[C@H](NC(=O)CCN1C(=O)C=CC1=O)C(=O)N[C@@H](CCCNC(N)=O)C(O)Nc1ccc(COC(=O)N2C[C@@H](F)C[C@H]2COC(=O)Nc2ncnc3c2ncn3[C@@H]2O[C@@H]3CO[P@](=O)(S)O[C@H]4[C@@H](F)[C@H](n5cnc6c(N)ncnc65)O[C@@H]4CO[P@@](=O)(S)O[C@H]3[C@H]2F)cc1. The Balaban J connectivity index is 0.711. The summed E-state index contributed by atoms with van der Waals surface area (Å²) in [5, 5.41) is 24.5. The van der Waals surface area contributed by atoms with Crippen LogP contribution in [0.2, 0.25) is 0 Å². The Labute approximate surface area is 540 Å². The van der Waals surface area contributed by atoms with Crippen LogP contribution in [0.15, 0.2) is 61.7 Å². The molecule has 5 aromatic rings. The highest BCUT2D eigenvalue weighted by Crippen LogP contribution is 2.61. The first-order valence-electron chi connectivity index (χ1n) is 29.0. The van der Waals surface area contributed by atoms with E-state index < -0.39 is 167 Å². The number of urea groups is 1. The molecule has 94 heavy (non-hydrogen) atoms. The van der Waals surface area contributed by atoms with Gasteiger partial charge in [-0.25, -0.2) is 66.6 Å². The fourth-order valence-electron chi connectivity index (χ4n) is 10.7. The van der Waals surface area contributed by atoms with Gasteiger partial charge < -0.3 is 56.8 Å². The molecule has 5 aliphatic heterocycles. The van der Waals surface area contributed by atoms with E-state index in [0.29, 0.717) is 11.3 Å². The lowest BCUT2D eigenvalue weighted by molar-refractivity contribution is -0.137. The van der Waals surface area contributed by atoms with Gasteiger partial charge in [-0.2, -0.15) is 0 Å². The first-order chi connectivity index (χ1) is 44.7. The summed E-state index contributed by atoms with van der Waals surface area (Å²) in [6, 6.07) is 2.34. The van der Waals surface area contributed by atoms with Crippen molar-refractivity contribution in [2.45, 2.75) is 126 Å². The number of aliphatic hydroxyl groups is 1. The number of imide groups is 1. The zero-order valence-corrected chi connectivity index (χ0v) is 53.1. The second-order valence-corrected chi connectivity index (χ2v) is 28.0. The molecular formula is C52H64F3N17O18P2S2. The lowest BCUT2D eigenvalue weighted by atomic mass is 10.0. The number of nitrogen functional groups attached to an aromatic ring is 1. The smallest absolute Gasteiger partial charge is 0.412 e. The Morgan fingerprint density at radius 1 is 0.819 bits per heavy atom. The predicted octanol–water partition coefficient (Wildman–Crippen LogP) is 3.03. The van der Waals surface area contributed by atoms with Gasteiger partial charge in [0.05, 0.1) is 44.5 Å². The van der Waals surface area contributed by atoms with Crippen molar-refractivity contribution in [2.75, 3.05) is 55.8 Å². The van der Waals surface area contributed by atoms with Crippen LogP contribution in [-0.4, -0.2) is 203 Å². The summed E-state index contributed by atoms with van der Waals surface area (Å²) in [4.78, 5) is 115. The van der Waals surface area contributed by atoms with Crippen LogP contribution >= 0.6 is 38.1 Å². The average molecular weight is 1400 g/mol. The van der Waals surface area contributed by atoms with Crippen LogP contribution in [0, 0.1) is 5.92 Å². The van der Waals surface area contributed by atoms with E-state index in [0.717, 1.165) is 45.5 Å². The zero-order chi connectivity index (χ0) is 67.3. The monoisotopic (exact) mass is 1400 g/mol. The van der Waals surface area contributed by atoms with E-state index in [4.69, 9.17) is 48.5 Å². The number of benzene rings is 1. The average Bonchev–Trinajstić information content (AvgIpc) is 1.62. The minimum Gasteiger partial charge on any atom is -0.447 e. The molecule has 4 aromatic heterocycles. The number of nitrogens with zero attached hydrogens (tertiary/aromatic N) is 10. The molecule has 9 heterocycles. The van der Waals surface area contributed by atoms with E-state index in [2.05, 4.69) is 81.0 Å². The predicted molar refractivity (Wildman–Crippen MR) is 325 cm³/mol. The summed E-state index contributed by atoms with van der Waals surface area (Å²) in [7, 11) is 0. The standard InChI is InChI=1S/C52H64F3N17O18P2S2/c1-24(2)37(67-32(73)11-13-69-33(74)9-10-34(69)75)47(77)66-29(4-3-12-58-50(57)78)46(76)65-27-7-5-25(6-8-27)16-84-52(80)70-15-26(53)14-28(70)17-83-51(79)68-43-39-45(62-21-60-43)72(23-64-39)49-36(55)41-31(88-49)19-86-91(81,93)89-40-30(18-85-92(82,94)90-41)87-48(35(40)54)71-22-63-38-42(56)59-20-61-44(38)71/h5-10,20-24,26,28-31,35-37,40-41,46,48-49,65,76H,3-4,11-19H2,1-2H3,(H,66,77)(H,67,73)(H,81,93)(H,82,94)(H2,56,59,61)(H3,57,58,78)(H,60,62,68,79)/t26-,28-,29-,30+,31+,35+,36+,37-,40+,41+,46?,48+,49+,91-,92+/m0/s1. The number of ether oxygens (including phenoxy) is 4. The van der Waals surface area contributed by atoms with Crippen LogP contribution in [0.1, 0.15) is 57.6 Å². The molecule has 0 aliphatic carbocycles. The number of rotatable bonds is 21. The summed E-state index contributed by atoms with van der Waals surface area (Å²) >= 11 is 8.09. The maximum Gasteiger partial charge on any atom is 0.412 e. The van der Waals surface area contributed by atoms with Gasteiger partial charge in [-0.1, -0.05) is 50.5 Å². The Morgan fingerprint density at radius 3 is 2.02 bits per heavy atom. The number of hydrogen-bond donors (Lipinski definition) is 10. The number of halogens is 3. The Kier molecular flexibility index (Phi) is 21.7. The van der Waals surface area contributed by atoms with Gasteiger partial charge in [0.1, 0.15) is 74.2 Å². The number of likely N-dealkylation sites (tertiary alicyclic amines) is 1. The zero-order valence-electron chi connectivity index (χ0n) is 49.6. The molecule has 15 atom stereocenters. The topological polar surface area (TPSA) is 454 Å². The first kappa shape index (κ1) is 69.1. The number of anilines is 3. The minimum absolute atomic E-state index is 0.00471. The second kappa shape index (κ2) is 29.5. The Hall–Kier alpha value is -7.78. The molecule has 4 saturated heterocycles. The fraction of sp³-hybridized carbons (Fsp3) is 0.519. The van der Waals surface area contributed by atoms with Crippen molar-refractivity contribution in [2.24, 2.45) is 11.7 Å². The van der Waals surface area contributed by atoms with Crippen LogP contribution < -0.4 is 38.1 Å². The second-order valence-electron chi connectivity index (χ2n) is 22.3. The van der Waals surface area contributed by atoms with E-state index in [-0.39, 0.29) is 79.3 Å². The third kappa shape index (κ3) is 16.3. The number of alkyl halides is 3. The summed E-state index contributed by atoms with van der Waals surface area (Å²) in [6.07, 6.45) is -12.9. The molecular weight excluding hydrogens is 1330 g/mol. The minimum atomic E-state index is -4.61. The van der Waals surface area contributed by atoms with Crippen molar-refractivity contribution in [3.8, 4) is 0 Å². The van der Waals surface area contributed by atoms with Crippen LogP contribution in [0.3, 0.4) is 0 Å². The Bertz CT molecular complexity index is 3780. The van der Waals surface area contributed by atoms with Crippen molar-refractivity contribution < 1.29 is 98.0 Å². The molecule has 10 N–H and O–H groups in total. The molecule has 0 radical (unpaired) electrons. The number of amides is 8. The van der Waals surface area contributed by atoms with Crippen molar-refractivity contribution in [1.82, 2.24) is 64.8 Å². The van der Waals surface area contributed by atoms with E-state index in [1.807, 2.05) is 0 Å². The third-order valence-corrected chi connectivity index (χ3v) is 18.7. The van der Waals surface area contributed by atoms with Gasteiger partial charge in [0.2, 0.25) is 11.8 Å². The maximum atomic E-state index is 16.8. The number of carbonyl (C=O) groups excluding carboxylic acids is 7. The molecule has 1 unspecified atom stereocenters. The van der Waals surface area contributed by atoms with Crippen molar-refractivity contribution in [1.29, 1.82) is 0 Å². The van der Waals surface area contributed by atoms with Crippen LogP contribution in [-0.2, 0) is 72.0 Å². The number of thiol groups is 2. The van der Waals surface area contributed by atoms with Gasteiger partial charge >= 0.3 is 31.8 Å². The number of fused-ring (bicyclic) bond motifs is 4. The quantitative estimate of drug-likeness (QED) is 0.0166. The Morgan fingerprint density at radius 2 is 1.41 bits per heavy atom. The molecule has 8 amide bonds. The highest BCUT2D eigenvalue weighted by Gasteiger charge is 2.55. The van der Waals surface area contributed by atoms with Crippen molar-refractivity contribution in [3.05, 3.63) is 67.3 Å². The normalized spacial score (nSPS) is 28.1. The lowest BCUT2D eigenvalue weighted by Gasteiger charge is -2.29. The van der Waals surface area contributed by atoms with Gasteiger partial charge in [0.25, 0.3) is 11.8 Å². The number of nitrogens with two attached hydrogens (primary N) is 2. The number of aromatic nitrogens is 8. The van der Waals surface area contributed by atoms with Crippen molar-refractivity contribution in [3.63, 3.8) is 0 Å². The lowest BCUT2D eigenvalue weighted by Crippen LogP contribution is -2.55. The summed E-state index contributed by atoms with van der Waals surface area (Å²) in [5.41, 5.74) is 11.9. The summed E-state index contributed by atoms with van der Waals surface area (Å²) < 4.78 is 123. The first-order valence-corrected chi connectivity index (χ1v) is 34.3. The molecule has 0 bridgehead atoms. The third-order valence-electron chi connectivity index (χ3n) is 15.4. The van der Waals surface area contributed by atoms with E-state index >= 15 is 8.78 Å². The molecule has 4 fully saturated rings. The maximum absolute atomic E-state index is 16.8.